The number of ether oxygens (including phenoxy) is 1. The first-order chi connectivity index (χ1) is 10.5. The van der Waals surface area contributed by atoms with E-state index in [-0.39, 0.29) is 5.97 Å². The highest BCUT2D eigenvalue weighted by atomic mass is 16.5. The minimum absolute atomic E-state index is 0.299. The summed E-state index contributed by atoms with van der Waals surface area (Å²) < 4.78 is 5.26. The lowest BCUT2D eigenvalue weighted by molar-refractivity contribution is -0.152. The van der Waals surface area contributed by atoms with Crippen LogP contribution in [0, 0.1) is 12.8 Å². The third-order valence-corrected chi connectivity index (χ3v) is 4.01. The maximum absolute atomic E-state index is 12.6. The Bertz CT molecular complexity index is 484. The number of rotatable bonds is 9. The van der Waals surface area contributed by atoms with E-state index in [2.05, 4.69) is 5.32 Å². The van der Waals surface area contributed by atoms with E-state index in [4.69, 9.17) is 4.74 Å². The zero-order valence-corrected chi connectivity index (χ0v) is 14.0. The number of anilines is 1. The summed E-state index contributed by atoms with van der Waals surface area (Å²) in [6.45, 7) is 8.00. The number of aryl methyl sites for hydroxylation is 1. The Labute approximate surface area is 133 Å². The summed E-state index contributed by atoms with van der Waals surface area (Å²) in [5, 5.41) is 3.28. The Morgan fingerprint density at radius 3 is 2.36 bits per heavy atom. The number of aldehydes is 1. The molecule has 0 saturated carbocycles. The molecular weight excluding hydrogens is 278 g/mol. The molecule has 4 heteroatoms. The van der Waals surface area contributed by atoms with Crippen molar-refractivity contribution >= 4 is 17.9 Å². The number of benzene rings is 1. The monoisotopic (exact) mass is 305 g/mol. The number of carbonyl (C=O) groups excluding carboxylic acids is 2. The summed E-state index contributed by atoms with van der Waals surface area (Å²) in [7, 11) is 0. The van der Waals surface area contributed by atoms with Gasteiger partial charge in [-0.3, -0.25) is 0 Å². The van der Waals surface area contributed by atoms with Gasteiger partial charge in [0, 0.05) is 11.6 Å². The number of nitrogens with one attached hydrogen (secondary N) is 1. The van der Waals surface area contributed by atoms with Crippen molar-refractivity contribution in [2.45, 2.75) is 52.5 Å². The van der Waals surface area contributed by atoms with Gasteiger partial charge in [0.05, 0.1) is 6.61 Å². The highest BCUT2D eigenvalue weighted by Crippen LogP contribution is 2.30. The first-order valence-electron chi connectivity index (χ1n) is 8.01. The van der Waals surface area contributed by atoms with Crippen LogP contribution in [0.3, 0.4) is 0 Å². The highest BCUT2D eigenvalue weighted by molar-refractivity contribution is 5.88. The summed E-state index contributed by atoms with van der Waals surface area (Å²) in [6, 6.07) is 7.80. The summed E-state index contributed by atoms with van der Waals surface area (Å²) in [6.07, 6.45) is 2.85. The van der Waals surface area contributed by atoms with Crippen LogP contribution in [-0.4, -0.2) is 24.4 Å². The number of hydrogen-bond acceptors (Lipinski definition) is 4. The molecule has 1 aromatic carbocycles. The predicted octanol–water partition coefficient (Wildman–Crippen LogP) is 3.73. The molecule has 1 rings (SSSR count). The third kappa shape index (κ3) is 4.09. The standard InChI is InChI=1S/C18H27NO3/c1-5-8-15(13-20)18(6-2,17(21)22-7-3)19-16-11-9-14(4)10-12-16/h9-13,15,19H,5-8H2,1-4H3/t15-,18+/m1/s1. The summed E-state index contributed by atoms with van der Waals surface area (Å²) in [5.74, 6) is -0.772. The quantitative estimate of drug-likeness (QED) is 0.558. The van der Waals surface area contributed by atoms with Gasteiger partial charge < -0.3 is 14.8 Å². The predicted molar refractivity (Wildman–Crippen MR) is 88.9 cm³/mol. The van der Waals surface area contributed by atoms with E-state index in [0.29, 0.717) is 19.4 Å². The Morgan fingerprint density at radius 2 is 1.91 bits per heavy atom. The maximum atomic E-state index is 12.6. The fourth-order valence-corrected chi connectivity index (χ4v) is 2.69. The second-order valence-corrected chi connectivity index (χ2v) is 5.57. The first kappa shape index (κ1) is 18.2. The van der Waals surface area contributed by atoms with Crippen LogP contribution in [0.15, 0.2) is 24.3 Å². The van der Waals surface area contributed by atoms with E-state index < -0.39 is 11.5 Å². The Hall–Kier alpha value is -1.84. The molecule has 1 N–H and O–H groups in total. The molecule has 4 nitrogen and oxygen atoms in total. The molecule has 0 unspecified atom stereocenters. The lowest BCUT2D eigenvalue weighted by Crippen LogP contribution is -2.53. The van der Waals surface area contributed by atoms with Gasteiger partial charge in [-0.15, -0.1) is 0 Å². The summed E-state index contributed by atoms with van der Waals surface area (Å²) >= 11 is 0. The van der Waals surface area contributed by atoms with Gasteiger partial charge in [-0.1, -0.05) is 38.0 Å². The van der Waals surface area contributed by atoms with E-state index in [1.54, 1.807) is 6.92 Å². The van der Waals surface area contributed by atoms with Crippen molar-refractivity contribution in [3.8, 4) is 0 Å². The van der Waals surface area contributed by atoms with E-state index >= 15 is 0 Å². The molecule has 22 heavy (non-hydrogen) atoms. The van der Waals surface area contributed by atoms with E-state index in [9.17, 15) is 9.59 Å². The molecule has 0 fully saturated rings. The fraction of sp³-hybridized carbons (Fsp3) is 0.556. The van der Waals surface area contributed by atoms with Gasteiger partial charge in [-0.25, -0.2) is 4.79 Å². The van der Waals surface area contributed by atoms with Gasteiger partial charge in [-0.2, -0.15) is 0 Å². The molecule has 0 bridgehead atoms. The van der Waals surface area contributed by atoms with Crippen molar-refractivity contribution in [3.05, 3.63) is 29.8 Å². The Morgan fingerprint density at radius 1 is 1.27 bits per heavy atom. The topological polar surface area (TPSA) is 55.4 Å². The third-order valence-electron chi connectivity index (χ3n) is 4.01. The van der Waals surface area contributed by atoms with Gasteiger partial charge in [0.2, 0.25) is 0 Å². The summed E-state index contributed by atoms with van der Waals surface area (Å²) in [5.41, 5.74) is 0.955. The van der Waals surface area contributed by atoms with Crippen molar-refractivity contribution in [2.75, 3.05) is 11.9 Å². The number of hydrogen-bond donors (Lipinski definition) is 1. The largest absolute Gasteiger partial charge is 0.464 e. The van der Waals surface area contributed by atoms with Crippen LogP contribution in [0.2, 0.25) is 0 Å². The summed E-state index contributed by atoms with van der Waals surface area (Å²) in [4.78, 5) is 24.2. The van der Waals surface area contributed by atoms with Crippen molar-refractivity contribution in [1.82, 2.24) is 0 Å². The van der Waals surface area contributed by atoms with Crippen LogP contribution < -0.4 is 5.32 Å². The van der Waals surface area contributed by atoms with Gasteiger partial charge in [0.1, 0.15) is 11.8 Å². The normalized spacial score (nSPS) is 14.7. The molecule has 0 aliphatic carbocycles. The molecule has 0 saturated heterocycles. The van der Waals surface area contributed by atoms with Crippen LogP contribution in [0.5, 0.6) is 0 Å². The van der Waals surface area contributed by atoms with Crippen LogP contribution in [0.4, 0.5) is 5.69 Å². The highest BCUT2D eigenvalue weighted by Gasteiger charge is 2.45. The second kappa shape index (κ2) is 8.57. The minimum Gasteiger partial charge on any atom is -0.464 e. The van der Waals surface area contributed by atoms with Crippen molar-refractivity contribution in [2.24, 2.45) is 5.92 Å². The van der Waals surface area contributed by atoms with Gasteiger partial charge >= 0.3 is 5.97 Å². The minimum atomic E-state index is -1.01. The molecule has 0 aliphatic heterocycles. The average Bonchev–Trinajstić information content (AvgIpc) is 2.52. The fourth-order valence-electron chi connectivity index (χ4n) is 2.69. The molecule has 1 aromatic rings. The first-order valence-corrected chi connectivity index (χ1v) is 8.01. The molecule has 0 aromatic heterocycles. The van der Waals surface area contributed by atoms with E-state index in [1.807, 2.05) is 45.0 Å². The van der Waals surface area contributed by atoms with E-state index in [0.717, 1.165) is 24.0 Å². The Balaban J connectivity index is 3.19. The van der Waals surface area contributed by atoms with Crippen molar-refractivity contribution < 1.29 is 14.3 Å². The molecule has 2 atom stereocenters. The van der Waals surface area contributed by atoms with Gasteiger partial charge in [0.25, 0.3) is 0 Å². The van der Waals surface area contributed by atoms with Crippen molar-refractivity contribution in [3.63, 3.8) is 0 Å². The Kier molecular flexibility index (Phi) is 7.09. The lowest BCUT2D eigenvalue weighted by Gasteiger charge is -2.36. The van der Waals surface area contributed by atoms with Crippen LogP contribution in [-0.2, 0) is 14.3 Å². The zero-order valence-electron chi connectivity index (χ0n) is 14.0. The zero-order chi connectivity index (χ0) is 16.6. The molecule has 122 valence electrons. The maximum Gasteiger partial charge on any atom is 0.332 e. The molecule has 0 aliphatic rings. The molecular formula is C18H27NO3. The number of carbonyl (C=O) groups is 2. The van der Waals surface area contributed by atoms with Gasteiger partial charge in [0.15, 0.2) is 0 Å². The van der Waals surface area contributed by atoms with E-state index in [1.165, 1.54) is 0 Å². The van der Waals surface area contributed by atoms with Crippen molar-refractivity contribution in [1.29, 1.82) is 0 Å². The molecule has 0 amide bonds. The smallest absolute Gasteiger partial charge is 0.332 e. The molecule has 0 spiro atoms. The molecule has 0 radical (unpaired) electrons. The van der Waals surface area contributed by atoms with Crippen LogP contribution >= 0.6 is 0 Å². The second-order valence-electron chi connectivity index (χ2n) is 5.57. The number of esters is 1. The molecule has 0 heterocycles. The van der Waals surface area contributed by atoms with Crippen LogP contribution in [0.1, 0.15) is 45.6 Å². The van der Waals surface area contributed by atoms with Crippen LogP contribution in [0.25, 0.3) is 0 Å². The lowest BCUT2D eigenvalue weighted by atomic mass is 9.79. The SMILES string of the molecule is CCC[C@H](C=O)[C@](CC)(Nc1ccc(C)cc1)C(=O)OCC. The van der Waals surface area contributed by atoms with Gasteiger partial charge in [-0.05, 0) is 38.8 Å². The average molecular weight is 305 g/mol.